The largest absolute Gasteiger partial charge is 0.444 e. The number of nitrogens with zero attached hydrogens (tertiary/aromatic N) is 1. The van der Waals surface area contributed by atoms with Gasteiger partial charge in [0.1, 0.15) is 5.76 Å². The van der Waals surface area contributed by atoms with Crippen molar-refractivity contribution in [3.05, 3.63) is 17.8 Å². The highest BCUT2D eigenvalue weighted by Gasteiger charge is 2.51. The van der Waals surface area contributed by atoms with E-state index in [9.17, 15) is 0 Å². The minimum Gasteiger partial charge on any atom is -0.444 e. The Morgan fingerprint density at radius 2 is 1.85 bits per heavy atom. The summed E-state index contributed by atoms with van der Waals surface area (Å²) in [6, 6.07) is 0.208. The van der Waals surface area contributed by atoms with Gasteiger partial charge in [-0.25, -0.2) is 4.98 Å². The average Bonchev–Trinajstić information content (AvgIpc) is 2.83. The van der Waals surface area contributed by atoms with Gasteiger partial charge in [-0.15, -0.1) is 0 Å². The van der Waals surface area contributed by atoms with Gasteiger partial charge >= 0.3 is 0 Å². The third-order valence-electron chi connectivity index (χ3n) is 6.09. The average molecular weight is 274 g/mol. The maximum absolute atomic E-state index is 6.00. The van der Waals surface area contributed by atoms with Gasteiger partial charge in [-0.2, -0.15) is 0 Å². The lowest BCUT2D eigenvalue weighted by Gasteiger charge is -2.56. The van der Waals surface area contributed by atoms with Gasteiger partial charge < -0.3 is 9.73 Å². The van der Waals surface area contributed by atoms with E-state index in [4.69, 9.17) is 4.42 Å². The van der Waals surface area contributed by atoms with Crippen LogP contribution in [0.25, 0.3) is 0 Å². The second-order valence-electron chi connectivity index (χ2n) is 7.77. The topological polar surface area (TPSA) is 38.1 Å². The molecule has 1 aromatic heterocycles. The van der Waals surface area contributed by atoms with Crippen LogP contribution in [0, 0.1) is 23.2 Å². The molecule has 0 saturated heterocycles. The molecule has 3 heteroatoms. The van der Waals surface area contributed by atoms with Crippen molar-refractivity contribution in [1.82, 2.24) is 10.3 Å². The van der Waals surface area contributed by atoms with E-state index in [0.29, 0.717) is 5.41 Å². The standard InChI is InChI=1S/C17H26N2O/c1-11(18-2)16-19-10-15(20-16)9-17-6-12-3-13(7-17)5-14(4-12)8-17/h10-14,18H,3-9H2,1-2H3. The van der Waals surface area contributed by atoms with Crippen molar-refractivity contribution in [2.75, 3.05) is 7.05 Å². The molecule has 1 unspecified atom stereocenters. The van der Waals surface area contributed by atoms with Gasteiger partial charge in [-0.3, -0.25) is 0 Å². The van der Waals surface area contributed by atoms with Crippen molar-refractivity contribution in [1.29, 1.82) is 0 Å². The molecule has 1 N–H and O–H groups in total. The lowest BCUT2D eigenvalue weighted by molar-refractivity contribution is -0.0545. The lowest BCUT2D eigenvalue weighted by Crippen LogP contribution is -2.46. The Hall–Kier alpha value is -0.830. The molecule has 4 aliphatic carbocycles. The summed E-state index contributed by atoms with van der Waals surface area (Å²) >= 11 is 0. The van der Waals surface area contributed by atoms with Gasteiger partial charge in [-0.05, 0) is 75.7 Å². The van der Waals surface area contributed by atoms with Crippen molar-refractivity contribution in [3.8, 4) is 0 Å². The molecule has 0 amide bonds. The van der Waals surface area contributed by atoms with Crippen LogP contribution in [0.3, 0.4) is 0 Å². The number of nitrogens with one attached hydrogen (secondary N) is 1. The van der Waals surface area contributed by atoms with Crippen LogP contribution in [-0.2, 0) is 6.42 Å². The van der Waals surface area contributed by atoms with Crippen molar-refractivity contribution in [2.24, 2.45) is 23.2 Å². The molecule has 4 bridgehead atoms. The van der Waals surface area contributed by atoms with E-state index < -0.39 is 0 Å². The van der Waals surface area contributed by atoms with Gasteiger partial charge in [-0.1, -0.05) is 0 Å². The van der Waals surface area contributed by atoms with Gasteiger partial charge in [0.05, 0.1) is 12.2 Å². The van der Waals surface area contributed by atoms with E-state index in [2.05, 4.69) is 17.2 Å². The molecule has 4 saturated carbocycles. The number of oxazole rings is 1. The van der Waals surface area contributed by atoms with Crippen LogP contribution in [0.2, 0.25) is 0 Å². The number of rotatable bonds is 4. The molecule has 4 aliphatic rings. The molecule has 4 fully saturated rings. The molecule has 110 valence electrons. The fraction of sp³-hybridized carbons (Fsp3) is 0.824. The zero-order chi connectivity index (χ0) is 13.7. The molecule has 0 spiro atoms. The van der Waals surface area contributed by atoms with Crippen LogP contribution in [0.5, 0.6) is 0 Å². The van der Waals surface area contributed by atoms with E-state index in [1.807, 2.05) is 13.2 Å². The van der Waals surface area contributed by atoms with Crippen molar-refractivity contribution in [3.63, 3.8) is 0 Å². The highest BCUT2D eigenvalue weighted by atomic mass is 16.4. The molecule has 3 nitrogen and oxygen atoms in total. The first-order valence-electron chi connectivity index (χ1n) is 8.28. The highest BCUT2D eigenvalue weighted by molar-refractivity contribution is 5.08. The molecule has 0 aliphatic heterocycles. The van der Waals surface area contributed by atoms with E-state index in [1.54, 1.807) is 0 Å². The molecular formula is C17H26N2O. The van der Waals surface area contributed by atoms with Gasteiger partial charge in [0.2, 0.25) is 5.89 Å². The minimum atomic E-state index is 0.208. The molecule has 5 rings (SSSR count). The summed E-state index contributed by atoms with van der Waals surface area (Å²) in [5, 5.41) is 3.20. The summed E-state index contributed by atoms with van der Waals surface area (Å²) in [4.78, 5) is 4.46. The van der Waals surface area contributed by atoms with Gasteiger partial charge in [0.25, 0.3) is 0 Å². The second kappa shape index (κ2) is 4.59. The SMILES string of the molecule is CNC(C)c1ncc(CC23CC4CC(CC(C4)C2)C3)o1. The van der Waals surface area contributed by atoms with Crippen LogP contribution >= 0.6 is 0 Å². The Morgan fingerprint density at radius 3 is 2.40 bits per heavy atom. The summed E-state index contributed by atoms with van der Waals surface area (Å²) in [7, 11) is 1.95. The summed E-state index contributed by atoms with van der Waals surface area (Å²) in [6.07, 6.45) is 12.0. The summed E-state index contributed by atoms with van der Waals surface area (Å²) in [5.41, 5.74) is 0.550. The van der Waals surface area contributed by atoms with Crippen molar-refractivity contribution >= 4 is 0 Å². The number of hydrogen-bond acceptors (Lipinski definition) is 3. The number of hydrogen-bond donors (Lipinski definition) is 1. The molecule has 0 radical (unpaired) electrons. The predicted molar refractivity (Wildman–Crippen MR) is 78.3 cm³/mol. The fourth-order valence-electron chi connectivity index (χ4n) is 5.60. The quantitative estimate of drug-likeness (QED) is 0.909. The van der Waals surface area contributed by atoms with Crippen LogP contribution in [0.4, 0.5) is 0 Å². The summed E-state index contributed by atoms with van der Waals surface area (Å²) < 4.78 is 6.00. The smallest absolute Gasteiger partial charge is 0.211 e. The summed E-state index contributed by atoms with van der Waals surface area (Å²) in [5.74, 6) is 5.00. The minimum absolute atomic E-state index is 0.208. The Labute approximate surface area is 121 Å². The first-order chi connectivity index (χ1) is 9.66. The second-order valence-corrected chi connectivity index (χ2v) is 7.77. The predicted octanol–water partition coefficient (Wildman–Crippen LogP) is 3.71. The first-order valence-corrected chi connectivity index (χ1v) is 8.28. The first kappa shape index (κ1) is 12.9. The third-order valence-corrected chi connectivity index (χ3v) is 6.09. The summed E-state index contributed by atoms with van der Waals surface area (Å²) in [6.45, 7) is 2.10. The molecule has 0 aromatic carbocycles. The van der Waals surface area contributed by atoms with E-state index in [0.717, 1.165) is 35.8 Å². The van der Waals surface area contributed by atoms with Crippen molar-refractivity contribution in [2.45, 2.75) is 57.9 Å². The Kier molecular flexibility index (Phi) is 2.95. The van der Waals surface area contributed by atoms with Crippen LogP contribution < -0.4 is 5.32 Å². The maximum Gasteiger partial charge on any atom is 0.211 e. The van der Waals surface area contributed by atoms with Crippen LogP contribution in [0.1, 0.15) is 63.1 Å². The molecule has 1 atom stereocenters. The van der Waals surface area contributed by atoms with Crippen LogP contribution in [0.15, 0.2) is 10.6 Å². The maximum atomic E-state index is 6.00. The van der Waals surface area contributed by atoms with E-state index in [-0.39, 0.29) is 6.04 Å². The Bertz CT molecular complexity index is 458. The van der Waals surface area contributed by atoms with Gasteiger partial charge in [0, 0.05) is 6.42 Å². The zero-order valence-electron chi connectivity index (χ0n) is 12.7. The van der Waals surface area contributed by atoms with Gasteiger partial charge in [0.15, 0.2) is 0 Å². The van der Waals surface area contributed by atoms with E-state index >= 15 is 0 Å². The van der Waals surface area contributed by atoms with E-state index in [1.165, 1.54) is 38.5 Å². The molecule has 1 heterocycles. The number of aromatic nitrogens is 1. The molecular weight excluding hydrogens is 248 g/mol. The monoisotopic (exact) mass is 274 g/mol. The molecule has 1 aromatic rings. The Morgan fingerprint density at radius 1 is 1.25 bits per heavy atom. The fourth-order valence-corrected chi connectivity index (χ4v) is 5.60. The normalized spacial score (nSPS) is 40.2. The molecule has 20 heavy (non-hydrogen) atoms. The highest BCUT2D eigenvalue weighted by Crippen LogP contribution is 2.61. The van der Waals surface area contributed by atoms with Crippen molar-refractivity contribution < 1.29 is 4.42 Å². The zero-order valence-corrected chi connectivity index (χ0v) is 12.7. The Balaban J connectivity index is 1.52. The third kappa shape index (κ3) is 2.11. The van der Waals surface area contributed by atoms with Crippen LogP contribution in [-0.4, -0.2) is 12.0 Å². The lowest BCUT2D eigenvalue weighted by atomic mass is 9.49.